The molecular weight excluding hydrogens is 247 g/mol. The molecule has 5 heteroatoms. The molecule has 2 aromatic rings. The van der Waals surface area contributed by atoms with Gasteiger partial charge >= 0.3 is 0 Å². The van der Waals surface area contributed by atoms with Gasteiger partial charge in [-0.25, -0.2) is 0 Å². The molecule has 84 valence electrons. The Kier molecular flexibility index (Phi) is 3.80. The minimum Gasteiger partial charge on any atom is -0.421 e. The van der Waals surface area contributed by atoms with Gasteiger partial charge in [-0.3, -0.25) is 0 Å². The van der Waals surface area contributed by atoms with Gasteiger partial charge in [-0.1, -0.05) is 11.6 Å². The van der Waals surface area contributed by atoms with E-state index in [1.54, 1.807) is 12.1 Å². The first kappa shape index (κ1) is 11.4. The van der Waals surface area contributed by atoms with Crippen LogP contribution in [0.15, 0.2) is 28.7 Å². The molecule has 0 aliphatic carbocycles. The smallest absolute Gasteiger partial charge is 0.247 e. The number of halogens is 2. The second-order valence-electron chi connectivity index (χ2n) is 3.30. The van der Waals surface area contributed by atoms with Crippen molar-refractivity contribution in [2.45, 2.75) is 12.8 Å². The standard InChI is InChI=1S/C11H10Cl2N2O/c12-7-1-2-10-14-15-11(16-10)8-3-5-9(13)6-4-8/h3-6H,1-2,7H2. The molecule has 3 nitrogen and oxygen atoms in total. The molecule has 0 fully saturated rings. The molecule has 1 heterocycles. The lowest BCUT2D eigenvalue weighted by Crippen LogP contribution is -1.85. The Morgan fingerprint density at radius 1 is 1.12 bits per heavy atom. The van der Waals surface area contributed by atoms with Crippen LogP contribution in [0.1, 0.15) is 12.3 Å². The van der Waals surface area contributed by atoms with Crippen molar-refractivity contribution < 1.29 is 4.42 Å². The van der Waals surface area contributed by atoms with Gasteiger partial charge in [0.15, 0.2) is 0 Å². The Hall–Kier alpha value is -1.06. The predicted molar refractivity (Wildman–Crippen MR) is 63.8 cm³/mol. The number of benzene rings is 1. The Morgan fingerprint density at radius 3 is 2.56 bits per heavy atom. The number of hydrogen-bond donors (Lipinski definition) is 0. The van der Waals surface area contributed by atoms with E-state index >= 15 is 0 Å². The number of rotatable bonds is 4. The predicted octanol–water partition coefficient (Wildman–Crippen LogP) is 3.56. The van der Waals surface area contributed by atoms with E-state index in [-0.39, 0.29) is 0 Å². The molecule has 2 rings (SSSR count). The van der Waals surface area contributed by atoms with Crippen LogP contribution in [0.4, 0.5) is 0 Å². The summed E-state index contributed by atoms with van der Waals surface area (Å²) >= 11 is 11.4. The van der Waals surface area contributed by atoms with E-state index in [4.69, 9.17) is 27.6 Å². The summed E-state index contributed by atoms with van der Waals surface area (Å²) < 4.78 is 5.49. The van der Waals surface area contributed by atoms with Crippen LogP contribution in [0.25, 0.3) is 11.5 Å². The molecule has 0 amide bonds. The lowest BCUT2D eigenvalue weighted by molar-refractivity contribution is 0.502. The van der Waals surface area contributed by atoms with Crippen molar-refractivity contribution >= 4 is 23.2 Å². The zero-order valence-electron chi connectivity index (χ0n) is 8.49. The van der Waals surface area contributed by atoms with Crippen LogP contribution < -0.4 is 0 Å². The molecule has 16 heavy (non-hydrogen) atoms. The third-order valence-corrected chi connectivity index (χ3v) is 2.60. The van der Waals surface area contributed by atoms with E-state index in [2.05, 4.69) is 10.2 Å². The third-order valence-electron chi connectivity index (χ3n) is 2.08. The fourth-order valence-electron chi connectivity index (χ4n) is 1.28. The monoisotopic (exact) mass is 256 g/mol. The Labute approximate surface area is 103 Å². The van der Waals surface area contributed by atoms with Crippen LogP contribution in [0, 0.1) is 0 Å². The molecule has 0 unspecified atom stereocenters. The molecule has 0 aliphatic rings. The Bertz CT molecular complexity index is 453. The molecule has 0 bridgehead atoms. The van der Waals surface area contributed by atoms with E-state index in [9.17, 15) is 0 Å². The second kappa shape index (κ2) is 5.32. The maximum atomic E-state index is 5.79. The van der Waals surface area contributed by atoms with Crippen LogP contribution in [0.2, 0.25) is 5.02 Å². The molecule has 0 radical (unpaired) electrons. The van der Waals surface area contributed by atoms with Crippen molar-refractivity contribution in [3.8, 4) is 11.5 Å². The molecular formula is C11H10Cl2N2O. The first-order valence-electron chi connectivity index (χ1n) is 4.94. The van der Waals surface area contributed by atoms with E-state index < -0.39 is 0 Å². The quantitative estimate of drug-likeness (QED) is 0.786. The molecule has 0 aliphatic heterocycles. The number of aromatic nitrogens is 2. The molecule has 0 N–H and O–H groups in total. The average Bonchev–Trinajstić information content (AvgIpc) is 2.76. The summed E-state index contributed by atoms with van der Waals surface area (Å²) in [7, 11) is 0. The number of aryl methyl sites for hydroxylation is 1. The molecule has 0 spiro atoms. The van der Waals surface area contributed by atoms with Crippen molar-refractivity contribution in [3.63, 3.8) is 0 Å². The van der Waals surface area contributed by atoms with Crippen LogP contribution in [-0.4, -0.2) is 16.1 Å². The summed E-state index contributed by atoms with van der Waals surface area (Å²) in [5.41, 5.74) is 0.869. The van der Waals surface area contributed by atoms with Gasteiger partial charge in [-0.15, -0.1) is 21.8 Å². The van der Waals surface area contributed by atoms with Crippen molar-refractivity contribution in [2.24, 2.45) is 0 Å². The van der Waals surface area contributed by atoms with Gasteiger partial charge in [-0.2, -0.15) is 0 Å². The van der Waals surface area contributed by atoms with Crippen LogP contribution in [0.5, 0.6) is 0 Å². The molecule has 1 aromatic carbocycles. The molecule has 0 saturated carbocycles. The summed E-state index contributed by atoms with van der Waals surface area (Å²) in [6, 6.07) is 7.28. The van der Waals surface area contributed by atoms with Crippen molar-refractivity contribution in [1.82, 2.24) is 10.2 Å². The first-order chi connectivity index (χ1) is 7.79. The summed E-state index contributed by atoms with van der Waals surface area (Å²) in [4.78, 5) is 0. The molecule has 0 atom stereocenters. The van der Waals surface area contributed by atoms with Gasteiger partial charge in [0.2, 0.25) is 11.8 Å². The van der Waals surface area contributed by atoms with Gasteiger partial charge in [0.05, 0.1) is 0 Å². The van der Waals surface area contributed by atoms with E-state index in [1.165, 1.54) is 0 Å². The van der Waals surface area contributed by atoms with Crippen LogP contribution in [0.3, 0.4) is 0 Å². The van der Waals surface area contributed by atoms with E-state index in [0.717, 1.165) is 12.0 Å². The number of nitrogens with zero attached hydrogens (tertiary/aromatic N) is 2. The van der Waals surface area contributed by atoms with Gasteiger partial charge in [0.25, 0.3) is 0 Å². The highest BCUT2D eigenvalue weighted by atomic mass is 35.5. The van der Waals surface area contributed by atoms with Gasteiger partial charge in [0.1, 0.15) is 0 Å². The lowest BCUT2D eigenvalue weighted by atomic mass is 10.2. The van der Waals surface area contributed by atoms with Crippen LogP contribution in [-0.2, 0) is 6.42 Å². The first-order valence-corrected chi connectivity index (χ1v) is 5.85. The van der Waals surface area contributed by atoms with E-state index in [1.807, 2.05) is 12.1 Å². The zero-order valence-corrected chi connectivity index (χ0v) is 10.0. The summed E-state index contributed by atoms with van der Waals surface area (Å²) in [5.74, 6) is 1.73. The number of alkyl halides is 1. The van der Waals surface area contributed by atoms with Crippen molar-refractivity contribution in [2.75, 3.05) is 5.88 Å². The normalized spacial score (nSPS) is 10.6. The highest BCUT2D eigenvalue weighted by Gasteiger charge is 2.07. The Morgan fingerprint density at radius 2 is 1.88 bits per heavy atom. The summed E-state index contributed by atoms with van der Waals surface area (Å²) in [6.45, 7) is 0. The third kappa shape index (κ3) is 2.74. The maximum Gasteiger partial charge on any atom is 0.247 e. The maximum absolute atomic E-state index is 5.79. The summed E-state index contributed by atoms with van der Waals surface area (Å²) in [5, 5.41) is 8.60. The minimum atomic E-state index is 0.515. The highest BCUT2D eigenvalue weighted by Crippen LogP contribution is 2.20. The fraction of sp³-hybridized carbons (Fsp3) is 0.273. The van der Waals surface area contributed by atoms with E-state index in [0.29, 0.717) is 29.1 Å². The van der Waals surface area contributed by atoms with Gasteiger partial charge < -0.3 is 4.42 Å². The fourth-order valence-corrected chi connectivity index (χ4v) is 1.54. The topological polar surface area (TPSA) is 38.9 Å². The SMILES string of the molecule is ClCCCc1nnc(-c2ccc(Cl)cc2)o1. The average molecular weight is 257 g/mol. The largest absolute Gasteiger partial charge is 0.421 e. The minimum absolute atomic E-state index is 0.515. The second-order valence-corrected chi connectivity index (χ2v) is 4.11. The molecule has 1 aromatic heterocycles. The van der Waals surface area contributed by atoms with Crippen molar-refractivity contribution in [3.05, 3.63) is 35.2 Å². The highest BCUT2D eigenvalue weighted by molar-refractivity contribution is 6.30. The lowest BCUT2D eigenvalue weighted by Gasteiger charge is -1.94. The van der Waals surface area contributed by atoms with Crippen LogP contribution >= 0.6 is 23.2 Å². The van der Waals surface area contributed by atoms with Gasteiger partial charge in [0, 0.05) is 22.9 Å². The molecule has 0 saturated heterocycles. The zero-order chi connectivity index (χ0) is 11.4. The number of hydrogen-bond acceptors (Lipinski definition) is 3. The Balaban J connectivity index is 2.15. The van der Waals surface area contributed by atoms with Gasteiger partial charge in [-0.05, 0) is 30.7 Å². The summed E-state index contributed by atoms with van der Waals surface area (Å²) in [6.07, 6.45) is 1.55. The van der Waals surface area contributed by atoms with Crippen molar-refractivity contribution in [1.29, 1.82) is 0 Å².